The van der Waals surface area contributed by atoms with Crippen LogP contribution >= 0.6 is 11.5 Å². The first kappa shape index (κ1) is 9.22. The summed E-state index contributed by atoms with van der Waals surface area (Å²) in [5.41, 5.74) is 0.780. The number of carbonyl (C=O) groups excluding carboxylic acids is 2. The third kappa shape index (κ3) is 1.94. The summed E-state index contributed by atoms with van der Waals surface area (Å²) in [7, 11) is 0. The predicted molar refractivity (Wildman–Crippen MR) is 48.3 cm³/mol. The van der Waals surface area contributed by atoms with Crippen LogP contribution in [0.25, 0.3) is 0 Å². The van der Waals surface area contributed by atoms with Gasteiger partial charge in [-0.2, -0.15) is 0 Å². The molecule has 1 saturated heterocycles. The number of nitrogens with one attached hydrogen (secondary N) is 2. The lowest BCUT2D eigenvalue weighted by Gasteiger charge is -2.05. The highest BCUT2D eigenvalue weighted by Crippen LogP contribution is 2.03. The first-order chi connectivity index (χ1) is 6.75. The zero-order valence-corrected chi connectivity index (χ0v) is 8.00. The van der Waals surface area contributed by atoms with Crippen LogP contribution in [0.1, 0.15) is 12.1 Å². The number of hydrogen-bond acceptors (Lipinski definition) is 6. The Hall–Kier alpha value is -1.34. The van der Waals surface area contributed by atoms with Crippen LogP contribution in [0, 0.1) is 0 Å². The highest BCUT2D eigenvalue weighted by atomic mass is 32.1. The van der Waals surface area contributed by atoms with E-state index < -0.39 is 6.04 Å². The van der Waals surface area contributed by atoms with Gasteiger partial charge in [-0.25, -0.2) is 0 Å². The molecule has 1 aliphatic heterocycles. The van der Waals surface area contributed by atoms with E-state index in [1.807, 2.05) is 0 Å². The lowest BCUT2D eigenvalue weighted by Crippen LogP contribution is -2.35. The van der Waals surface area contributed by atoms with Crippen molar-refractivity contribution in [2.24, 2.45) is 0 Å². The van der Waals surface area contributed by atoms with Gasteiger partial charge in [0.25, 0.3) is 0 Å². The van der Waals surface area contributed by atoms with Crippen molar-refractivity contribution in [2.75, 3.05) is 0 Å². The molecule has 2 rings (SSSR count). The maximum atomic E-state index is 11.1. The second-order valence-corrected chi connectivity index (χ2v) is 3.56. The van der Waals surface area contributed by atoms with Crippen LogP contribution in [-0.2, 0) is 16.1 Å². The van der Waals surface area contributed by atoms with Crippen molar-refractivity contribution in [3.63, 3.8) is 0 Å². The van der Waals surface area contributed by atoms with Crippen LogP contribution in [-0.4, -0.2) is 27.4 Å². The van der Waals surface area contributed by atoms with E-state index >= 15 is 0 Å². The largest absolute Gasteiger partial charge is 0.300 e. The van der Waals surface area contributed by atoms with E-state index in [-0.39, 0.29) is 18.2 Å². The third-order valence-electron chi connectivity index (χ3n) is 1.90. The van der Waals surface area contributed by atoms with Gasteiger partial charge in [-0.15, -0.1) is 5.10 Å². The van der Waals surface area contributed by atoms with Gasteiger partial charge in [-0.3, -0.25) is 20.2 Å². The minimum Gasteiger partial charge on any atom is -0.300 e. The van der Waals surface area contributed by atoms with Gasteiger partial charge in [0.05, 0.1) is 18.2 Å². The van der Waals surface area contributed by atoms with Gasteiger partial charge in [0, 0.05) is 11.9 Å². The number of aromatic nitrogens is 2. The molecule has 0 aromatic carbocycles. The average molecular weight is 212 g/mol. The summed E-state index contributed by atoms with van der Waals surface area (Å²) in [5.74, 6) is -0.498. The Bertz CT molecular complexity index is 351. The number of rotatable bonds is 3. The van der Waals surface area contributed by atoms with Gasteiger partial charge in [-0.05, 0) is 11.5 Å². The molecule has 0 spiro atoms. The van der Waals surface area contributed by atoms with Gasteiger partial charge in [-0.1, -0.05) is 4.49 Å². The molecule has 1 unspecified atom stereocenters. The Kier molecular flexibility index (Phi) is 2.51. The highest BCUT2D eigenvalue weighted by molar-refractivity contribution is 7.03. The third-order valence-corrected chi connectivity index (χ3v) is 2.46. The van der Waals surface area contributed by atoms with Gasteiger partial charge in [0.2, 0.25) is 11.8 Å². The van der Waals surface area contributed by atoms with E-state index in [4.69, 9.17) is 0 Å². The van der Waals surface area contributed by atoms with Crippen molar-refractivity contribution < 1.29 is 9.59 Å². The van der Waals surface area contributed by atoms with E-state index in [2.05, 4.69) is 20.2 Å². The van der Waals surface area contributed by atoms with Crippen molar-refractivity contribution in [2.45, 2.75) is 19.0 Å². The van der Waals surface area contributed by atoms with Crippen LogP contribution in [0.5, 0.6) is 0 Å². The molecule has 14 heavy (non-hydrogen) atoms. The second-order valence-electron chi connectivity index (χ2n) is 2.95. The molecule has 2 N–H and O–H groups in total. The summed E-state index contributed by atoms with van der Waals surface area (Å²) in [6.07, 6.45) is 0.205. The molecule has 7 heteroatoms. The Morgan fingerprint density at radius 1 is 1.64 bits per heavy atom. The Morgan fingerprint density at radius 2 is 2.50 bits per heavy atom. The van der Waals surface area contributed by atoms with Crippen molar-refractivity contribution in [3.05, 3.63) is 11.1 Å². The molecule has 0 radical (unpaired) electrons. The quantitative estimate of drug-likeness (QED) is 0.631. The van der Waals surface area contributed by atoms with E-state index in [0.29, 0.717) is 6.54 Å². The Labute approximate surface area is 83.9 Å². The minimum absolute atomic E-state index is 0.205. The molecule has 1 atom stereocenters. The lowest BCUT2D eigenvalue weighted by atomic mass is 10.2. The van der Waals surface area contributed by atoms with Crippen molar-refractivity contribution >= 4 is 23.3 Å². The Balaban J connectivity index is 1.87. The van der Waals surface area contributed by atoms with Crippen LogP contribution in [0.15, 0.2) is 5.38 Å². The standard InChI is InChI=1S/C7H8N4O2S/c12-6-1-5(7(13)9-6)8-2-4-3-14-11-10-4/h3,5,8H,1-2H2,(H,9,12,13). The number of imide groups is 1. The number of hydrogen-bond donors (Lipinski definition) is 2. The predicted octanol–water partition coefficient (Wildman–Crippen LogP) is -0.957. The molecule has 0 aliphatic carbocycles. The van der Waals surface area contributed by atoms with Crippen LogP contribution in [0.4, 0.5) is 0 Å². The smallest absolute Gasteiger partial charge is 0.244 e. The number of carbonyl (C=O) groups is 2. The summed E-state index contributed by atoms with van der Waals surface area (Å²) < 4.78 is 3.69. The molecule has 0 saturated carbocycles. The maximum absolute atomic E-state index is 11.1. The summed E-state index contributed by atoms with van der Waals surface area (Å²) >= 11 is 1.25. The van der Waals surface area contributed by atoms with Gasteiger partial charge in [0.1, 0.15) is 0 Å². The number of amides is 2. The summed E-state index contributed by atoms with van der Waals surface area (Å²) in [6.45, 7) is 0.460. The molecule has 74 valence electrons. The molecular formula is C7H8N4O2S. The minimum atomic E-state index is -0.427. The van der Waals surface area contributed by atoms with E-state index in [1.165, 1.54) is 11.5 Å². The van der Waals surface area contributed by atoms with Crippen molar-refractivity contribution in [3.8, 4) is 0 Å². The lowest BCUT2D eigenvalue weighted by molar-refractivity contribution is -0.125. The topological polar surface area (TPSA) is 84.0 Å². The normalized spacial score (nSPS) is 21.3. The van der Waals surface area contributed by atoms with Crippen LogP contribution in [0.3, 0.4) is 0 Å². The summed E-state index contributed by atoms with van der Waals surface area (Å²) in [4.78, 5) is 21.9. The number of nitrogens with zero attached hydrogens (tertiary/aromatic N) is 2. The summed E-state index contributed by atoms with van der Waals surface area (Å²) in [6, 6.07) is -0.427. The molecule has 0 bridgehead atoms. The molecule has 6 nitrogen and oxygen atoms in total. The fourth-order valence-corrected chi connectivity index (χ4v) is 1.66. The van der Waals surface area contributed by atoms with Crippen molar-refractivity contribution in [1.29, 1.82) is 0 Å². The van der Waals surface area contributed by atoms with Crippen LogP contribution < -0.4 is 10.6 Å². The van der Waals surface area contributed by atoms with E-state index in [0.717, 1.165) is 5.69 Å². The maximum Gasteiger partial charge on any atom is 0.244 e. The second kappa shape index (κ2) is 3.81. The van der Waals surface area contributed by atoms with Gasteiger partial charge < -0.3 is 0 Å². The highest BCUT2D eigenvalue weighted by Gasteiger charge is 2.29. The first-order valence-electron chi connectivity index (χ1n) is 4.09. The fraction of sp³-hybridized carbons (Fsp3) is 0.429. The van der Waals surface area contributed by atoms with Crippen LogP contribution in [0.2, 0.25) is 0 Å². The molecule has 1 aliphatic rings. The molecule has 1 fully saturated rings. The fourth-order valence-electron chi connectivity index (χ4n) is 1.21. The van der Waals surface area contributed by atoms with E-state index in [1.54, 1.807) is 5.38 Å². The SMILES string of the molecule is O=C1CC(NCc2csnn2)C(=O)N1. The van der Waals surface area contributed by atoms with Gasteiger partial charge >= 0.3 is 0 Å². The molecular weight excluding hydrogens is 204 g/mol. The first-order valence-corrected chi connectivity index (χ1v) is 4.92. The Morgan fingerprint density at radius 3 is 3.07 bits per heavy atom. The van der Waals surface area contributed by atoms with Crippen molar-refractivity contribution in [1.82, 2.24) is 20.2 Å². The zero-order valence-electron chi connectivity index (χ0n) is 7.19. The average Bonchev–Trinajstić information content (AvgIpc) is 2.72. The van der Waals surface area contributed by atoms with E-state index in [9.17, 15) is 9.59 Å². The summed E-state index contributed by atoms with van der Waals surface area (Å²) in [5, 5.41) is 10.8. The molecule has 2 amide bonds. The molecule has 1 aromatic heterocycles. The van der Waals surface area contributed by atoms with Gasteiger partial charge in [0.15, 0.2) is 0 Å². The molecule has 1 aromatic rings. The zero-order chi connectivity index (χ0) is 9.97. The molecule has 2 heterocycles. The monoisotopic (exact) mass is 212 g/mol.